The van der Waals surface area contributed by atoms with Crippen LogP contribution in [-0.4, -0.2) is 0 Å². The van der Waals surface area contributed by atoms with Gasteiger partial charge in [-0.3, -0.25) is 0 Å². The van der Waals surface area contributed by atoms with E-state index in [0.29, 0.717) is 0 Å². The van der Waals surface area contributed by atoms with Gasteiger partial charge in [0.15, 0.2) is 0 Å². The number of nitrogens with zero attached hydrogens (tertiary/aromatic N) is 2. The molecule has 0 aliphatic carbocycles. The van der Waals surface area contributed by atoms with Crippen LogP contribution in [0.25, 0.3) is 43.8 Å². The van der Waals surface area contributed by atoms with E-state index in [2.05, 4.69) is 206 Å². The molecule has 10 rings (SSSR count). The van der Waals surface area contributed by atoms with Crippen molar-refractivity contribution in [2.24, 2.45) is 0 Å². The first-order chi connectivity index (χ1) is 29.3. The Hall–Kier alpha value is -7.01. The summed E-state index contributed by atoms with van der Waals surface area (Å²) in [6, 6.07) is 70.1. The third kappa shape index (κ3) is 6.69. The van der Waals surface area contributed by atoms with Gasteiger partial charge in [0.05, 0.1) is 11.4 Å². The van der Waals surface area contributed by atoms with Crippen molar-refractivity contribution < 1.29 is 4.39 Å². The van der Waals surface area contributed by atoms with E-state index in [1.54, 1.807) is 23.5 Å². The maximum Gasteiger partial charge on any atom is 0.123 e. The molecule has 0 saturated heterocycles. The standard InChI is InChI=1S/C56H43FN2S/c1-38-19-33-50-53(35-38)59(46-17-11-6-12-18-46)52-34-26-43(36-51(52)56(50,2)3)39-22-29-47(30-23-39)58(45-15-9-5-10-16-45)48-31-24-40(25-32-48)49-37-60-55(42-13-7-4-8-14-42)54(49)41-20-27-44(57)28-21-41/h4-37H,1-3H3. The minimum atomic E-state index is -0.238. The van der Waals surface area contributed by atoms with E-state index in [1.807, 2.05) is 18.2 Å². The molecule has 0 unspecified atom stereocenters. The Kier molecular flexibility index (Phi) is 9.51. The molecule has 0 radical (unpaired) electrons. The lowest BCUT2D eigenvalue weighted by Crippen LogP contribution is -2.30. The molecule has 9 aromatic rings. The van der Waals surface area contributed by atoms with E-state index in [-0.39, 0.29) is 11.2 Å². The lowest BCUT2D eigenvalue weighted by atomic mass is 9.72. The summed E-state index contributed by atoms with van der Waals surface area (Å²) in [5.41, 5.74) is 18.4. The first-order valence-corrected chi connectivity index (χ1v) is 21.3. The molecule has 1 aliphatic heterocycles. The van der Waals surface area contributed by atoms with Crippen LogP contribution in [0.3, 0.4) is 0 Å². The van der Waals surface area contributed by atoms with Gasteiger partial charge in [0.1, 0.15) is 5.82 Å². The first kappa shape index (κ1) is 37.3. The molecular formula is C56H43FN2S. The van der Waals surface area contributed by atoms with Gasteiger partial charge in [-0.1, -0.05) is 135 Å². The van der Waals surface area contributed by atoms with Gasteiger partial charge in [-0.2, -0.15) is 0 Å². The quantitative estimate of drug-likeness (QED) is 0.151. The van der Waals surface area contributed by atoms with Gasteiger partial charge < -0.3 is 9.80 Å². The predicted octanol–water partition coefficient (Wildman–Crippen LogP) is 16.4. The Morgan fingerprint density at radius 1 is 0.483 bits per heavy atom. The van der Waals surface area contributed by atoms with Crippen LogP contribution < -0.4 is 9.80 Å². The number of anilines is 6. The lowest BCUT2D eigenvalue weighted by molar-refractivity contribution is 0.628. The summed E-state index contributed by atoms with van der Waals surface area (Å²) in [6.07, 6.45) is 0. The molecule has 0 N–H and O–H groups in total. The molecule has 290 valence electrons. The zero-order valence-electron chi connectivity index (χ0n) is 33.8. The van der Waals surface area contributed by atoms with Crippen LogP contribution in [0, 0.1) is 12.7 Å². The molecule has 2 nitrogen and oxygen atoms in total. The van der Waals surface area contributed by atoms with E-state index in [0.717, 1.165) is 50.6 Å². The maximum atomic E-state index is 14.1. The van der Waals surface area contributed by atoms with Gasteiger partial charge in [0.25, 0.3) is 0 Å². The summed E-state index contributed by atoms with van der Waals surface area (Å²) in [7, 11) is 0. The van der Waals surface area contributed by atoms with Crippen molar-refractivity contribution in [2.45, 2.75) is 26.2 Å². The fourth-order valence-electron chi connectivity index (χ4n) is 8.79. The molecule has 0 saturated carbocycles. The summed E-state index contributed by atoms with van der Waals surface area (Å²) in [4.78, 5) is 5.90. The van der Waals surface area contributed by atoms with Crippen LogP contribution in [0.4, 0.5) is 38.5 Å². The number of aryl methyl sites for hydroxylation is 1. The fraction of sp³-hybridized carbons (Fsp3) is 0.0714. The molecule has 2 heterocycles. The highest BCUT2D eigenvalue weighted by Crippen LogP contribution is 2.53. The monoisotopic (exact) mass is 794 g/mol. The van der Waals surface area contributed by atoms with Gasteiger partial charge in [-0.05, 0) is 136 Å². The van der Waals surface area contributed by atoms with Crippen LogP contribution in [0.5, 0.6) is 0 Å². The summed E-state index contributed by atoms with van der Waals surface area (Å²) in [5, 5.41) is 2.23. The van der Waals surface area contributed by atoms with Crippen molar-refractivity contribution in [1.82, 2.24) is 0 Å². The minimum Gasteiger partial charge on any atom is -0.311 e. The Bertz CT molecular complexity index is 2940. The molecule has 1 aromatic heterocycles. The molecule has 0 fully saturated rings. The largest absolute Gasteiger partial charge is 0.311 e. The predicted molar refractivity (Wildman–Crippen MR) is 252 cm³/mol. The molecular weight excluding hydrogens is 752 g/mol. The topological polar surface area (TPSA) is 6.48 Å². The third-order valence-electron chi connectivity index (χ3n) is 11.9. The second kappa shape index (κ2) is 15.3. The number of fused-ring (bicyclic) bond motifs is 2. The first-order valence-electron chi connectivity index (χ1n) is 20.4. The Labute approximate surface area is 356 Å². The van der Waals surface area contributed by atoms with Crippen molar-refractivity contribution in [1.29, 1.82) is 0 Å². The highest BCUT2D eigenvalue weighted by atomic mass is 32.1. The van der Waals surface area contributed by atoms with Gasteiger partial charge in [-0.25, -0.2) is 4.39 Å². The zero-order chi connectivity index (χ0) is 40.8. The molecule has 0 atom stereocenters. The number of halogens is 1. The number of hydrogen-bond acceptors (Lipinski definition) is 3. The highest BCUT2D eigenvalue weighted by Gasteiger charge is 2.37. The van der Waals surface area contributed by atoms with Gasteiger partial charge >= 0.3 is 0 Å². The van der Waals surface area contributed by atoms with Crippen molar-refractivity contribution in [3.63, 3.8) is 0 Å². The summed E-state index contributed by atoms with van der Waals surface area (Å²) in [6.45, 7) is 6.87. The molecule has 4 heteroatoms. The average molecular weight is 795 g/mol. The normalized spacial score (nSPS) is 12.8. The second-order valence-electron chi connectivity index (χ2n) is 16.0. The van der Waals surface area contributed by atoms with Crippen molar-refractivity contribution in [2.75, 3.05) is 9.80 Å². The number of thiophene rings is 1. The number of rotatable bonds is 8. The van der Waals surface area contributed by atoms with E-state index >= 15 is 0 Å². The van der Waals surface area contributed by atoms with Gasteiger partial charge in [-0.15, -0.1) is 11.3 Å². The fourth-order valence-corrected chi connectivity index (χ4v) is 9.90. The van der Waals surface area contributed by atoms with Crippen molar-refractivity contribution in [3.05, 3.63) is 228 Å². The molecule has 0 spiro atoms. The number of hydrogen-bond donors (Lipinski definition) is 0. The van der Waals surface area contributed by atoms with Gasteiger partial charge in [0.2, 0.25) is 0 Å². The van der Waals surface area contributed by atoms with Crippen LogP contribution in [0.1, 0.15) is 30.5 Å². The highest BCUT2D eigenvalue weighted by molar-refractivity contribution is 7.14. The van der Waals surface area contributed by atoms with Crippen molar-refractivity contribution in [3.8, 4) is 43.8 Å². The van der Waals surface area contributed by atoms with E-state index < -0.39 is 0 Å². The lowest BCUT2D eigenvalue weighted by Gasteiger charge is -2.42. The van der Waals surface area contributed by atoms with Crippen LogP contribution in [0.15, 0.2) is 206 Å². The number of para-hydroxylation sites is 2. The van der Waals surface area contributed by atoms with E-state index in [9.17, 15) is 4.39 Å². The molecule has 0 amide bonds. The molecule has 0 bridgehead atoms. The van der Waals surface area contributed by atoms with E-state index in [1.165, 1.54) is 44.1 Å². The maximum absolute atomic E-state index is 14.1. The summed E-state index contributed by atoms with van der Waals surface area (Å²) in [5.74, 6) is -0.238. The number of benzene rings is 8. The van der Waals surface area contributed by atoms with Crippen molar-refractivity contribution >= 4 is 45.5 Å². The average Bonchev–Trinajstić information content (AvgIpc) is 3.74. The summed E-state index contributed by atoms with van der Waals surface area (Å²) >= 11 is 1.72. The van der Waals surface area contributed by atoms with Gasteiger partial charge in [0, 0.05) is 44.2 Å². The smallest absolute Gasteiger partial charge is 0.123 e. The Morgan fingerprint density at radius 3 is 1.72 bits per heavy atom. The van der Waals surface area contributed by atoms with Crippen LogP contribution in [-0.2, 0) is 5.41 Å². The zero-order valence-corrected chi connectivity index (χ0v) is 34.6. The Balaban J connectivity index is 1.01. The molecule has 8 aromatic carbocycles. The molecule has 60 heavy (non-hydrogen) atoms. The van der Waals surface area contributed by atoms with Crippen LogP contribution >= 0.6 is 11.3 Å². The Morgan fingerprint density at radius 2 is 1.05 bits per heavy atom. The third-order valence-corrected chi connectivity index (χ3v) is 12.9. The minimum absolute atomic E-state index is 0.193. The second-order valence-corrected chi connectivity index (χ2v) is 16.9. The molecule has 1 aliphatic rings. The van der Waals surface area contributed by atoms with Crippen LogP contribution in [0.2, 0.25) is 0 Å². The SMILES string of the molecule is Cc1ccc2c(c1)N(c1ccccc1)c1ccc(-c3ccc(N(c4ccccc4)c4ccc(-c5csc(-c6ccccc6)c5-c5ccc(F)cc5)cc4)cc3)cc1C2(C)C. The van der Waals surface area contributed by atoms with E-state index in [4.69, 9.17) is 0 Å². The summed E-state index contributed by atoms with van der Waals surface area (Å²) < 4.78 is 14.1.